The topological polar surface area (TPSA) is 15.6 Å². The molecule has 0 saturated heterocycles. The summed E-state index contributed by atoms with van der Waals surface area (Å²) in [6.07, 6.45) is 8.90. The monoisotopic (exact) mass is 354 g/mol. The summed E-state index contributed by atoms with van der Waals surface area (Å²) < 4.78 is 0. The Morgan fingerprint density at radius 2 is 1.83 bits per heavy atom. The molecule has 1 saturated carbocycles. The quantitative estimate of drug-likeness (QED) is 0.458. The van der Waals surface area contributed by atoms with Crippen LogP contribution in [0.1, 0.15) is 43.2 Å². The van der Waals surface area contributed by atoms with Gasteiger partial charge in [-0.2, -0.15) is 0 Å². The predicted molar refractivity (Wildman–Crippen MR) is 104 cm³/mol. The van der Waals surface area contributed by atoms with Crippen LogP contribution < -0.4 is 4.90 Å². The first-order chi connectivity index (χ1) is 11.2. The van der Waals surface area contributed by atoms with Gasteiger partial charge >= 0.3 is 0 Å². The normalized spacial score (nSPS) is 16.1. The second kappa shape index (κ2) is 10.2. The van der Waals surface area contributed by atoms with Gasteiger partial charge in [0, 0.05) is 43.3 Å². The Morgan fingerprint density at radius 1 is 1.13 bits per heavy atom. The van der Waals surface area contributed by atoms with Gasteiger partial charge in [0.15, 0.2) is 0 Å². The molecule has 1 aromatic rings. The van der Waals surface area contributed by atoms with Crippen molar-refractivity contribution in [3.63, 3.8) is 0 Å². The maximum atomic E-state index is 5.89. The third-order valence-corrected chi connectivity index (χ3v) is 4.98. The smallest absolute Gasteiger partial charge is 0.0417 e. The van der Waals surface area contributed by atoms with Crippen LogP contribution in [0.25, 0.3) is 0 Å². The SMILES string of the molecule is Cc1cc(N(CCCl)CCCl)ccc1C=NCC1CCCCC1. The van der Waals surface area contributed by atoms with Gasteiger partial charge in [-0.3, -0.25) is 4.99 Å². The van der Waals surface area contributed by atoms with E-state index in [4.69, 9.17) is 28.2 Å². The fraction of sp³-hybridized carbons (Fsp3) is 0.632. The number of nitrogens with zero attached hydrogens (tertiary/aromatic N) is 2. The van der Waals surface area contributed by atoms with Crippen molar-refractivity contribution in [3.8, 4) is 0 Å². The highest BCUT2D eigenvalue weighted by molar-refractivity contribution is 6.18. The number of aryl methyl sites for hydroxylation is 1. The van der Waals surface area contributed by atoms with Gasteiger partial charge in [-0.15, -0.1) is 23.2 Å². The highest BCUT2D eigenvalue weighted by Crippen LogP contribution is 2.24. The zero-order chi connectivity index (χ0) is 16.5. The molecular weight excluding hydrogens is 327 g/mol. The second-order valence-electron chi connectivity index (χ2n) is 6.40. The maximum absolute atomic E-state index is 5.89. The van der Waals surface area contributed by atoms with Crippen LogP contribution in [-0.2, 0) is 0 Å². The minimum atomic E-state index is 0.612. The Balaban J connectivity index is 1.97. The lowest BCUT2D eigenvalue weighted by Crippen LogP contribution is -2.27. The Hall–Kier alpha value is -0.730. The van der Waals surface area contributed by atoms with Crippen LogP contribution in [0.15, 0.2) is 23.2 Å². The fourth-order valence-electron chi connectivity index (χ4n) is 3.25. The standard InChI is InChI=1S/C19H28Cl2N2/c1-16-13-19(23(11-9-20)12-10-21)8-7-18(16)15-22-14-17-5-3-2-4-6-17/h7-8,13,15,17H,2-6,9-12,14H2,1H3. The van der Waals surface area contributed by atoms with Crippen LogP contribution in [-0.4, -0.2) is 37.6 Å². The molecule has 0 heterocycles. The van der Waals surface area contributed by atoms with Crippen molar-refractivity contribution in [2.75, 3.05) is 36.3 Å². The molecule has 0 unspecified atom stereocenters. The second-order valence-corrected chi connectivity index (χ2v) is 7.16. The number of aliphatic imine (C=N–C) groups is 1. The molecule has 2 nitrogen and oxygen atoms in total. The Morgan fingerprint density at radius 3 is 2.43 bits per heavy atom. The summed E-state index contributed by atoms with van der Waals surface area (Å²) in [6, 6.07) is 6.51. The molecule has 0 aromatic heterocycles. The molecule has 1 aromatic carbocycles. The molecule has 128 valence electrons. The zero-order valence-corrected chi connectivity index (χ0v) is 15.6. The number of rotatable bonds is 8. The molecule has 1 fully saturated rings. The van der Waals surface area contributed by atoms with Gasteiger partial charge in [0.1, 0.15) is 0 Å². The van der Waals surface area contributed by atoms with Crippen molar-refractivity contribution in [1.29, 1.82) is 0 Å². The van der Waals surface area contributed by atoms with E-state index in [1.807, 2.05) is 6.21 Å². The van der Waals surface area contributed by atoms with E-state index < -0.39 is 0 Å². The number of hydrogen-bond donors (Lipinski definition) is 0. The van der Waals surface area contributed by atoms with E-state index in [9.17, 15) is 0 Å². The number of alkyl halides is 2. The van der Waals surface area contributed by atoms with E-state index >= 15 is 0 Å². The molecule has 0 atom stereocenters. The van der Waals surface area contributed by atoms with E-state index in [1.54, 1.807) is 0 Å². The van der Waals surface area contributed by atoms with E-state index in [-0.39, 0.29) is 0 Å². The lowest BCUT2D eigenvalue weighted by molar-refractivity contribution is 0.367. The highest BCUT2D eigenvalue weighted by atomic mass is 35.5. The Kier molecular flexibility index (Phi) is 8.25. The van der Waals surface area contributed by atoms with Crippen LogP contribution in [0.5, 0.6) is 0 Å². The van der Waals surface area contributed by atoms with Crippen molar-refractivity contribution < 1.29 is 0 Å². The van der Waals surface area contributed by atoms with Crippen molar-refractivity contribution in [2.24, 2.45) is 10.9 Å². The summed E-state index contributed by atoms with van der Waals surface area (Å²) in [4.78, 5) is 6.92. The van der Waals surface area contributed by atoms with E-state index in [0.717, 1.165) is 25.6 Å². The van der Waals surface area contributed by atoms with Crippen LogP contribution in [0.4, 0.5) is 5.69 Å². The average molecular weight is 355 g/mol. The van der Waals surface area contributed by atoms with Gasteiger partial charge in [0.2, 0.25) is 0 Å². The maximum Gasteiger partial charge on any atom is 0.0417 e. The molecule has 0 bridgehead atoms. The first kappa shape index (κ1) is 18.6. The fourth-order valence-corrected chi connectivity index (χ4v) is 3.65. The summed E-state index contributed by atoms with van der Waals surface area (Å²) in [7, 11) is 0. The van der Waals surface area contributed by atoms with Crippen LogP contribution in [0, 0.1) is 12.8 Å². The number of benzene rings is 1. The first-order valence-electron chi connectivity index (χ1n) is 8.72. The van der Waals surface area contributed by atoms with Gasteiger partial charge < -0.3 is 4.90 Å². The minimum absolute atomic E-state index is 0.612. The Labute approximate surface area is 150 Å². The largest absolute Gasteiger partial charge is 0.369 e. The molecule has 0 N–H and O–H groups in total. The van der Waals surface area contributed by atoms with E-state index in [0.29, 0.717) is 11.8 Å². The third kappa shape index (κ3) is 6.00. The molecule has 0 amide bonds. The first-order valence-corrected chi connectivity index (χ1v) is 9.79. The van der Waals surface area contributed by atoms with Gasteiger partial charge in [-0.1, -0.05) is 25.3 Å². The van der Waals surface area contributed by atoms with Crippen molar-refractivity contribution in [3.05, 3.63) is 29.3 Å². The van der Waals surface area contributed by atoms with Crippen LogP contribution in [0.3, 0.4) is 0 Å². The Bertz CT molecular complexity index is 490. The molecule has 1 aliphatic rings. The van der Waals surface area contributed by atoms with E-state index in [2.05, 4.69) is 30.0 Å². The molecule has 0 radical (unpaired) electrons. The summed E-state index contributed by atoms with van der Waals surface area (Å²) >= 11 is 11.8. The number of halogens is 2. The highest BCUT2D eigenvalue weighted by Gasteiger charge is 2.12. The van der Waals surface area contributed by atoms with Crippen LogP contribution >= 0.6 is 23.2 Å². The lowest BCUT2D eigenvalue weighted by Gasteiger charge is -2.23. The zero-order valence-electron chi connectivity index (χ0n) is 14.1. The van der Waals surface area contributed by atoms with Crippen molar-refractivity contribution >= 4 is 35.1 Å². The molecule has 0 aliphatic heterocycles. The molecule has 0 spiro atoms. The van der Waals surface area contributed by atoms with E-state index in [1.165, 1.54) is 48.9 Å². The number of hydrogen-bond acceptors (Lipinski definition) is 2. The third-order valence-electron chi connectivity index (χ3n) is 4.65. The molecule has 2 rings (SSSR count). The van der Waals surface area contributed by atoms with Crippen molar-refractivity contribution in [1.82, 2.24) is 0 Å². The summed E-state index contributed by atoms with van der Waals surface area (Å²) in [5, 5.41) is 0. The summed E-state index contributed by atoms with van der Waals surface area (Å²) in [5.41, 5.74) is 3.65. The average Bonchev–Trinajstić information content (AvgIpc) is 2.57. The van der Waals surface area contributed by atoms with Gasteiger partial charge in [0.05, 0.1) is 0 Å². The molecule has 4 heteroatoms. The lowest BCUT2D eigenvalue weighted by atomic mass is 9.89. The number of anilines is 1. The van der Waals surface area contributed by atoms with Gasteiger partial charge in [-0.05, 0) is 48.9 Å². The van der Waals surface area contributed by atoms with Crippen LogP contribution in [0.2, 0.25) is 0 Å². The minimum Gasteiger partial charge on any atom is -0.369 e. The summed E-state index contributed by atoms with van der Waals surface area (Å²) in [5.74, 6) is 2.02. The van der Waals surface area contributed by atoms with Gasteiger partial charge in [-0.25, -0.2) is 0 Å². The van der Waals surface area contributed by atoms with Gasteiger partial charge in [0.25, 0.3) is 0 Å². The molecule has 23 heavy (non-hydrogen) atoms. The summed E-state index contributed by atoms with van der Waals surface area (Å²) in [6.45, 7) is 4.77. The van der Waals surface area contributed by atoms with Crippen molar-refractivity contribution in [2.45, 2.75) is 39.0 Å². The molecular formula is C19H28Cl2N2. The molecule has 1 aliphatic carbocycles. The predicted octanol–water partition coefficient (Wildman–Crippen LogP) is 5.28.